The molecular formula is C20H27FN4OS. The van der Waals surface area contributed by atoms with E-state index in [1.807, 2.05) is 31.4 Å². The number of thiophene rings is 1. The van der Waals surface area contributed by atoms with Crippen molar-refractivity contribution in [3.63, 3.8) is 0 Å². The zero-order valence-corrected chi connectivity index (χ0v) is 16.8. The molecule has 0 radical (unpaired) electrons. The van der Waals surface area contributed by atoms with Gasteiger partial charge in [-0.3, -0.25) is 9.79 Å². The van der Waals surface area contributed by atoms with Crippen LogP contribution in [0.5, 0.6) is 0 Å². The van der Waals surface area contributed by atoms with Crippen molar-refractivity contribution in [1.82, 2.24) is 16.0 Å². The second-order valence-electron chi connectivity index (χ2n) is 6.22. The summed E-state index contributed by atoms with van der Waals surface area (Å²) in [6.45, 7) is 7.59. The van der Waals surface area contributed by atoms with Crippen LogP contribution in [0.4, 0.5) is 4.39 Å². The summed E-state index contributed by atoms with van der Waals surface area (Å²) in [7, 11) is 0. The van der Waals surface area contributed by atoms with E-state index in [9.17, 15) is 9.18 Å². The molecule has 1 aromatic carbocycles. The minimum Gasteiger partial charge on any atom is -0.357 e. The first-order valence-electron chi connectivity index (χ1n) is 9.14. The molecular weight excluding hydrogens is 363 g/mol. The van der Waals surface area contributed by atoms with Crippen LogP contribution in [0.15, 0.2) is 40.7 Å². The molecule has 0 aliphatic heterocycles. The number of hydrogen-bond donors (Lipinski definition) is 3. The average Bonchev–Trinajstić information content (AvgIpc) is 3.18. The van der Waals surface area contributed by atoms with Gasteiger partial charge in [0, 0.05) is 19.6 Å². The first-order chi connectivity index (χ1) is 13.0. The van der Waals surface area contributed by atoms with Gasteiger partial charge in [-0.2, -0.15) is 0 Å². The smallest absolute Gasteiger partial charge is 0.261 e. The number of nitrogens with zero attached hydrogens (tertiary/aromatic N) is 1. The highest BCUT2D eigenvalue weighted by Crippen LogP contribution is 2.16. The Morgan fingerprint density at radius 3 is 2.78 bits per heavy atom. The van der Waals surface area contributed by atoms with Crippen LogP contribution in [0, 0.1) is 12.7 Å². The first kappa shape index (κ1) is 20.9. The van der Waals surface area contributed by atoms with Crippen LogP contribution >= 0.6 is 11.3 Å². The van der Waals surface area contributed by atoms with Crippen molar-refractivity contribution in [1.29, 1.82) is 0 Å². The van der Waals surface area contributed by atoms with Crippen LogP contribution in [0.1, 0.15) is 47.1 Å². The second-order valence-corrected chi connectivity index (χ2v) is 7.17. The Balaban J connectivity index is 1.82. The van der Waals surface area contributed by atoms with Gasteiger partial charge >= 0.3 is 0 Å². The molecule has 1 aromatic heterocycles. The number of aliphatic imine (C=N–C) groups is 1. The van der Waals surface area contributed by atoms with Gasteiger partial charge in [0.2, 0.25) is 0 Å². The van der Waals surface area contributed by atoms with Crippen molar-refractivity contribution in [2.75, 3.05) is 19.6 Å². The standard InChI is InChI=1S/C20H27FN4OS/c1-4-22-20(25-15(3)16-9-8-14(2)17(21)13-16)24-11-6-10-23-19(26)18-7-5-12-27-18/h5,7-9,12-13,15H,4,6,10-11H2,1-3H3,(H,23,26)(H2,22,24,25). The lowest BCUT2D eigenvalue weighted by atomic mass is 10.1. The maximum atomic E-state index is 13.8. The fourth-order valence-electron chi connectivity index (χ4n) is 2.45. The Bertz CT molecular complexity index is 761. The largest absolute Gasteiger partial charge is 0.357 e. The SMILES string of the molecule is CCNC(=NCCCNC(=O)c1cccs1)NC(C)c1ccc(C)c(F)c1. The van der Waals surface area contributed by atoms with E-state index in [1.165, 1.54) is 11.3 Å². The molecule has 0 bridgehead atoms. The summed E-state index contributed by atoms with van der Waals surface area (Å²) >= 11 is 1.43. The van der Waals surface area contributed by atoms with E-state index < -0.39 is 0 Å². The third-order valence-electron chi connectivity index (χ3n) is 4.03. The third kappa shape index (κ3) is 6.67. The lowest BCUT2D eigenvalue weighted by molar-refractivity contribution is 0.0957. The van der Waals surface area contributed by atoms with Gasteiger partial charge in [0.05, 0.1) is 10.9 Å². The monoisotopic (exact) mass is 390 g/mol. The highest BCUT2D eigenvalue weighted by Gasteiger charge is 2.10. The maximum Gasteiger partial charge on any atom is 0.261 e. The molecule has 1 unspecified atom stereocenters. The van der Waals surface area contributed by atoms with E-state index >= 15 is 0 Å². The molecule has 3 N–H and O–H groups in total. The third-order valence-corrected chi connectivity index (χ3v) is 4.90. The van der Waals surface area contributed by atoms with Crippen LogP contribution in [0.25, 0.3) is 0 Å². The van der Waals surface area contributed by atoms with E-state index in [0.29, 0.717) is 29.5 Å². The molecule has 0 aliphatic carbocycles. The summed E-state index contributed by atoms with van der Waals surface area (Å²) in [5.74, 6) is 0.425. The van der Waals surface area contributed by atoms with E-state index in [1.54, 1.807) is 25.1 Å². The Morgan fingerprint density at radius 2 is 2.11 bits per heavy atom. The summed E-state index contributed by atoms with van der Waals surface area (Å²) in [5.41, 5.74) is 1.50. The van der Waals surface area contributed by atoms with Crippen LogP contribution < -0.4 is 16.0 Å². The molecule has 2 rings (SSSR count). The summed E-state index contributed by atoms with van der Waals surface area (Å²) < 4.78 is 13.8. The maximum absolute atomic E-state index is 13.8. The minimum atomic E-state index is -0.204. The normalized spacial score (nSPS) is 12.5. The summed E-state index contributed by atoms with van der Waals surface area (Å²) in [6, 6.07) is 8.84. The Morgan fingerprint density at radius 1 is 1.30 bits per heavy atom. The van der Waals surface area contributed by atoms with Gasteiger partial charge in [-0.1, -0.05) is 18.2 Å². The molecule has 0 fully saturated rings. The number of amides is 1. The van der Waals surface area contributed by atoms with Gasteiger partial charge in [0.1, 0.15) is 5.82 Å². The number of carbonyl (C=O) groups is 1. The molecule has 5 nitrogen and oxygen atoms in total. The molecule has 0 saturated carbocycles. The molecule has 0 aliphatic rings. The number of nitrogens with one attached hydrogen (secondary N) is 3. The Labute approximate surface area is 164 Å². The Hall–Kier alpha value is -2.41. The van der Waals surface area contributed by atoms with E-state index in [0.717, 1.165) is 18.5 Å². The number of carbonyl (C=O) groups excluding carboxylic acids is 1. The van der Waals surface area contributed by atoms with Crippen molar-refractivity contribution in [2.24, 2.45) is 4.99 Å². The molecule has 1 atom stereocenters. The summed E-state index contributed by atoms with van der Waals surface area (Å²) in [4.78, 5) is 17.1. The van der Waals surface area contributed by atoms with Gasteiger partial charge in [-0.25, -0.2) is 4.39 Å². The lowest BCUT2D eigenvalue weighted by Gasteiger charge is -2.18. The topological polar surface area (TPSA) is 65.5 Å². The molecule has 0 spiro atoms. The predicted octanol–water partition coefficient (Wildman–Crippen LogP) is 3.63. The number of benzene rings is 1. The summed E-state index contributed by atoms with van der Waals surface area (Å²) in [5, 5.41) is 11.3. The van der Waals surface area contributed by atoms with Crippen molar-refractivity contribution >= 4 is 23.2 Å². The highest BCUT2D eigenvalue weighted by atomic mass is 32.1. The van der Waals surface area contributed by atoms with Crippen molar-refractivity contribution < 1.29 is 9.18 Å². The molecule has 1 amide bonds. The van der Waals surface area contributed by atoms with Crippen molar-refractivity contribution in [3.05, 3.63) is 57.5 Å². The van der Waals surface area contributed by atoms with Gasteiger partial charge in [0.15, 0.2) is 5.96 Å². The zero-order valence-electron chi connectivity index (χ0n) is 16.0. The first-order valence-corrected chi connectivity index (χ1v) is 10.0. The second kappa shape index (κ2) is 10.7. The Kier molecular flexibility index (Phi) is 8.26. The van der Waals surface area contributed by atoms with Crippen molar-refractivity contribution in [3.8, 4) is 0 Å². The van der Waals surface area contributed by atoms with E-state index in [4.69, 9.17) is 0 Å². The molecule has 7 heteroatoms. The van der Waals surface area contributed by atoms with Crippen molar-refractivity contribution in [2.45, 2.75) is 33.2 Å². The quantitative estimate of drug-likeness (QED) is 0.366. The molecule has 1 heterocycles. The van der Waals surface area contributed by atoms with Crippen LogP contribution in [-0.2, 0) is 0 Å². The molecule has 27 heavy (non-hydrogen) atoms. The fourth-order valence-corrected chi connectivity index (χ4v) is 3.09. The molecule has 0 saturated heterocycles. The van der Waals surface area contributed by atoms with E-state index in [2.05, 4.69) is 20.9 Å². The van der Waals surface area contributed by atoms with Crippen LogP contribution in [0.3, 0.4) is 0 Å². The molecule has 146 valence electrons. The number of guanidine groups is 1. The number of halogens is 1. The van der Waals surface area contributed by atoms with Gasteiger partial charge in [0.25, 0.3) is 5.91 Å². The zero-order chi connectivity index (χ0) is 19.6. The van der Waals surface area contributed by atoms with Crippen LogP contribution in [0.2, 0.25) is 0 Å². The van der Waals surface area contributed by atoms with Gasteiger partial charge in [-0.05, 0) is 55.8 Å². The van der Waals surface area contributed by atoms with Crippen LogP contribution in [-0.4, -0.2) is 31.5 Å². The van der Waals surface area contributed by atoms with Gasteiger partial charge < -0.3 is 16.0 Å². The highest BCUT2D eigenvalue weighted by molar-refractivity contribution is 7.12. The average molecular weight is 391 g/mol. The van der Waals surface area contributed by atoms with E-state index in [-0.39, 0.29) is 17.8 Å². The summed E-state index contributed by atoms with van der Waals surface area (Å²) in [6.07, 6.45) is 0.737. The number of aryl methyl sites for hydroxylation is 1. The lowest BCUT2D eigenvalue weighted by Crippen LogP contribution is -2.39. The van der Waals surface area contributed by atoms with Gasteiger partial charge in [-0.15, -0.1) is 11.3 Å². The molecule has 2 aromatic rings. The predicted molar refractivity (Wildman–Crippen MR) is 110 cm³/mol. The number of rotatable bonds is 8. The fraction of sp³-hybridized carbons (Fsp3) is 0.400. The minimum absolute atomic E-state index is 0.0472. The number of hydrogen-bond acceptors (Lipinski definition) is 3.